The normalized spacial score (nSPS) is 14.9. The van der Waals surface area contributed by atoms with Crippen LogP contribution in [0, 0.1) is 0 Å². The lowest BCUT2D eigenvalue weighted by Crippen LogP contribution is -2.46. The highest BCUT2D eigenvalue weighted by Gasteiger charge is 2.21. The smallest absolute Gasteiger partial charge is 0.214 e. The van der Waals surface area contributed by atoms with Crippen molar-refractivity contribution in [1.29, 1.82) is 0 Å². The molecule has 8 heteroatoms. The molecule has 4 aromatic rings. The standard InChI is InChI=1S/C19H17ClN6S/c20-15-4-1-5-16(11-15)24-7-9-25(10-8-24)19-23-26-13-17(22-18(26)27-19)14-3-2-6-21-12-14/h1-6,11-13H,7-10H2. The number of anilines is 2. The molecule has 136 valence electrons. The molecule has 3 aromatic heterocycles. The van der Waals surface area contributed by atoms with E-state index in [-0.39, 0.29) is 0 Å². The van der Waals surface area contributed by atoms with Crippen LogP contribution >= 0.6 is 22.9 Å². The third-order valence-corrected chi connectivity index (χ3v) is 5.93. The zero-order valence-corrected chi connectivity index (χ0v) is 16.1. The van der Waals surface area contributed by atoms with Crippen LogP contribution < -0.4 is 9.80 Å². The molecule has 0 N–H and O–H groups in total. The van der Waals surface area contributed by atoms with Gasteiger partial charge in [0.2, 0.25) is 10.1 Å². The van der Waals surface area contributed by atoms with Crippen LogP contribution in [0.2, 0.25) is 5.02 Å². The van der Waals surface area contributed by atoms with Crippen LogP contribution in [0.3, 0.4) is 0 Å². The summed E-state index contributed by atoms with van der Waals surface area (Å²) in [5, 5.41) is 6.53. The highest BCUT2D eigenvalue weighted by molar-refractivity contribution is 7.20. The molecule has 0 amide bonds. The first-order valence-electron chi connectivity index (χ1n) is 8.78. The van der Waals surface area contributed by atoms with Gasteiger partial charge in [0.05, 0.1) is 11.9 Å². The Labute approximate surface area is 165 Å². The van der Waals surface area contributed by atoms with Gasteiger partial charge in [0.25, 0.3) is 0 Å². The van der Waals surface area contributed by atoms with Gasteiger partial charge in [0.15, 0.2) is 0 Å². The van der Waals surface area contributed by atoms with Crippen LogP contribution in [-0.2, 0) is 0 Å². The Morgan fingerprint density at radius 1 is 1.00 bits per heavy atom. The van der Waals surface area contributed by atoms with Gasteiger partial charge in [-0.1, -0.05) is 29.0 Å². The fourth-order valence-electron chi connectivity index (χ4n) is 3.30. The third-order valence-electron chi connectivity index (χ3n) is 4.71. The number of fused-ring (bicyclic) bond motifs is 1. The Hall–Kier alpha value is -2.64. The summed E-state index contributed by atoms with van der Waals surface area (Å²) in [6, 6.07) is 12.0. The molecule has 1 aliphatic heterocycles. The second kappa shape index (κ2) is 6.83. The number of hydrogen-bond donors (Lipinski definition) is 0. The number of benzene rings is 1. The maximum absolute atomic E-state index is 6.12. The monoisotopic (exact) mass is 396 g/mol. The Kier molecular flexibility index (Phi) is 4.18. The van der Waals surface area contributed by atoms with Crippen LogP contribution in [0.5, 0.6) is 0 Å². The zero-order valence-electron chi connectivity index (χ0n) is 14.5. The summed E-state index contributed by atoms with van der Waals surface area (Å²) in [5.41, 5.74) is 3.09. The molecule has 0 spiro atoms. The van der Waals surface area contributed by atoms with Gasteiger partial charge in [0, 0.05) is 54.8 Å². The van der Waals surface area contributed by atoms with Gasteiger partial charge in [-0.25, -0.2) is 9.50 Å². The summed E-state index contributed by atoms with van der Waals surface area (Å²) in [4.78, 5) is 14.4. The van der Waals surface area contributed by atoms with Gasteiger partial charge in [-0.3, -0.25) is 4.98 Å². The maximum atomic E-state index is 6.12. The van der Waals surface area contributed by atoms with Gasteiger partial charge in [0.1, 0.15) is 0 Å². The summed E-state index contributed by atoms with van der Waals surface area (Å²) < 4.78 is 1.87. The molecule has 0 aliphatic carbocycles. The van der Waals surface area contributed by atoms with Crippen molar-refractivity contribution in [2.24, 2.45) is 0 Å². The van der Waals surface area contributed by atoms with E-state index < -0.39 is 0 Å². The van der Waals surface area contributed by atoms with Gasteiger partial charge in [-0.2, -0.15) is 0 Å². The number of pyridine rings is 1. The van der Waals surface area contributed by atoms with Crippen LogP contribution in [0.15, 0.2) is 55.0 Å². The van der Waals surface area contributed by atoms with Crippen molar-refractivity contribution in [2.75, 3.05) is 36.0 Å². The minimum absolute atomic E-state index is 0.778. The summed E-state index contributed by atoms with van der Waals surface area (Å²) >= 11 is 7.74. The Balaban J connectivity index is 1.31. The van der Waals surface area contributed by atoms with Crippen molar-refractivity contribution in [3.63, 3.8) is 0 Å². The number of rotatable bonds is 3. The van der Waals surface area contributed by atoms with Crippen molar-refractivity contribution >= 4 is 38.7 Å². The maximum Gasteiger partial charge on any atom is 0.214 e. The first-order chi connectivity index (χ1) is 13.3. The summed E-state index contributed by atoms with van der Waals surface area (Å²) in [6.45, 7) is 3.75. The number of nitrogens with zero attached hydrogens (tertiary/aromatic N) is 6. The lowest BCUT2D eigenvalue weighted by molar-refractivity contribution is 0.648. The second-order valence-electron chi connectivity index (χ2n) is 6.43. The fraction of sp³-hybridized carbons (Fsp3) is 0.211. The quantitative estimate of drug-likeness (QED) is 0.526. The van der Waals surface area contributed by atoms with Crippen molar-refractivity contribution in [3.8, 4) is 11.3 Å². The molecule has 1 aromatic carbocycles. The average molecular weight is 397 g/mol. The largest absolute Gasteiger partial charge is 0.368 e. The molecule has 0 saturated carbocycles. The fourth-order valence-corrected chi connectivity index (χ4v) is 4.42. The Bertz CT molecular complexity index is 1040. The van der Waals surface area contributed by atoms with E-state index in [1.54, 1.807) is 17.5 Å². The molecular weight excluding hydrogens is 380 g/mol. The molecular formula is C19H17ClN6S. The molecule has 0 atom stereocenters. The number of hydrogen-bond acceptors (Lipinski definition) is 6. The summed E-state index contributed by atoms with van der Waals surface area (Å²) in [7, 11) is 0. The van der Waals surface area contributed by atoms with E-state index in [2.05, 4.69) is 20.9 Å². The SMILES string of the molecule is Clc1cccc(N2CCN(c3nn4cc(-c5cccnc5)nc4s3)CC2)c1. The van der Waals surface area contributed by atoms with Gasteiger partial charge in [-0.05, 0) is 30.3 Å². The van der Waals surface area contributed by atoms with Gasteiger partial charge >= 0.3 is 0 Å². The molecule has 4 heterocycles. The number of aromatic nitrogens is 4. The van der Waals surface area contributed by atoms with Gasteiger partial charge in [-0.15, -0.1) is 5.10 Å². The molecule has 0 bridgehead atoms. The minimum atomic E-state index is 0.778. The lowest BCUT2D eigenvalue weighted by Gasteiger charge is -2.35. The van der Waals surface area contributed by atoms with E-state index in [0.29, 0.717) is 0 Å². The van der Waals surface area contributed by atoms with Crippen molar-refractivity contribution < 1.29 is 0 Å². The third kappa shape index (κ3) is 3.24. The molecule has 0 radical (unpaired) electrons. The van der Waals surface area contributed by atoms with Gasteiger partial charge < -0.3 is 9.80 Å². The topological polar surface area (TPSA) is 49.6 Å². The van der Waals surface area contributed by atoms with E-state index in [1.165, 1.54) is 5.69 Å². The summed E-state index contributed by atoms with van der Waals surface area (Å²) in [5.74, 6) is 0. The number of imidazole rings is 1. The molecule has 0 unspecified atom stereocenters. The van der Waals surface area contributed by atoms with Crippen molar-refractivity contribution in [3.05, 3.63) is 60.0 Å². The van der Waals surface area contributed by atoms with E-state index in [1.807, 2.05) is 47.2 Å². The molecule has 5 rings (SSSR count). The number of piperazine rings is 1. The first-order valence-corrected chi connectivity index (χ1v) is 9.98. The Morgan fingerprint density at radius 3 is 2.59 bits per heavy atom. The Morgan fingerprint density at radius 2 is 1.85 bits per heavy atom. The highest BCUT2D eigenvalue weighted by atomic mass is 35.5. The predicted octanol–water partition coefficient (Wildman–Crippen LogP) is 3.83. The van der Waals surface area contributed by atoms with Crippen LogP contribution in [-0.4, -0.2) is 45.8 Å². The van der Waals surface area contributed by atoms with Crippen molar-refractivity contribution in [1.82, 2.24) is 19.6 Å². The minimum Gasteiger partial charge on any atom is -0.368 e. The van der Waals surface area contributed by atoms with Crippen LogP contribution in [0.4, 0.5) is 10.8 Å². The van der Waals surface area contributed by atoms with E-state index in [0.717, 1.165) is 52.6 Å². The zero-order chi connectivity index (χ0) is 18.2. The molecule has 6 nitrogen and oxygen atoms in total. The van der Waals surface area contributed by atoms with Crippen molar-refractivity contribution in [2.45, 2.75) is 0 Å². The summed E-state index contributed by atoms with van der Waals surface area (Å²) in [6.07, 6.45) is 5.55. The van der Waals surface area contributed by atoms with E-state index in [9.17, 15) is 0 Å². The second-order valence-corrected chi connectivity index (χ2v) is 7.80. The first kappa shape index (κ1) is 16.5. The average Bonchev–Trinajstić information content (AvgIpc) is 3.28. The van der Waals surface area contributed by atoms with Crippen LogP contribution in [0.1, 0.15) is 0 Å². The molecule has 1 aliphatic rings. The van der Waals surface area contributed by atoms with E-state index in [4.69, 9.17) is 21.7 Å². The van der Waals surface area contributed by atoms with E-state index >= 15 is 0 Å². The highest BCUT2D eigenvalue weighted by Crippen LogP contribution is 2.28. The molecule has 27 heavy (non-hydrogen) atoms. The van der Waals surface area contributed by atoms with Crippen LogP contribution in [0.25, 0.3) is 16.2 Å². The molecule has 1 saturated heterocycles. The lowest BCUT2D eigenvalue weighted by atomic mass is 10.2. The molecule has 1 fully saturated rings. The predicted molar refractivity (Wildman–Crippen MR) is 110 cm³/mol. The number of halogens is 1.